The maximum Gasteiger partial charge on any atom is 0.133 e. The Morgan fingerprint density at radius 1 is 1.25 bits per heavy atom. The topological polar surface area (TPSA) is 46.2 Å². The monoisotopic (exact) mass is 271 g/mol. The van der Waals surface area contributed by atoms with Gasteiger partial charge in [0.1, 0.15) is 11.6 Å². The van der Waals surface area contributed by atoms with E-state index in [2.05, 4.69) is 21.7 Å². The van der Waals surface area contributed by atoms with E-state index in [0.29, 0.717) is 0 Å². The number of anilines is 1. The molecule has 0 atom stereocenters. The quantitative estimate of drug-likeness (QED) is 0.897. The minimum Gasteiger partial charge on any atom is -0.496 e. The molecule has 1 fully saturated rings. The number of ether oxygens (including phenoxy) is 1. The molecule has 0 radical (unpaired) electrons. The van der Waals surface area contributed by atoms with Crippen molar-refractivity contribution in [1.82, 2.24) is 10.3 Å². The molecule has 1 aliphatic heterocycles. The van der Waals surface area contributed by atoms with Gasteiger partial charge in [0.25, 0.3) is 0 Å². The first-order chi connectivity index (χ1) is 9.88. The molecule has 0 amide bonds. The lowest BCUT2D eigenvalue weighted by Crippen LogP contribution is -2.31. The number of aromatic nitrogens is 1. The van der Waals surface area contributed by atoms with Crippen molar-refractivity contribution in [3.05, 3.63) is 30.5 Å². The minimum absolute atomic E-state index is 0.735. The molecule has 2 heterocycles. The summed E-state index contributed by atoms with van der Waals surface area (Å²) in [5.41, 5.74) is 0. The van der Waals surface area contributed by atoms with Crippen LogP contribution in [0.25, 0.3) is 10.8 Å². The van der Waals surface area contributed by atoms with Crippen molar-refractivity contribution < 1.29 is 4.74 Å². The molecular formula is C16H21N3O. The third kappa shape index (κ3) is 2.70. The SMILES string of the molecule is COc1cccc2c(NCC3CCNCC3)nccc12. The first kappa shape index (κ1) is 13.2. The lowest BCUT2D eigenvalue weighted by atomic mass is 9.98. The Labute approximate surface area is 119 Å². The van der Waals surface area contributed by atoms with Crippen LogP contribution in [0.2, 0.25) is 0 Å². The second kappa shape index (κ2) is 6.09. The molecule has 2 aromatic rings. The first-order valence-corrected chi connectivity index (χ1v) is 7.25. The average Bonchev–Trinajstić information content (AvgIpc) is 2.53. The lowest BCUT2D eigenvalue weighted by molar-refractivity contribution is 0.389. The highest BCUT2D eigenvalue weighted by Crippen LogP contribution is 2.29. The zero-order valence-electron chi connectivity index (χ0n) is 11.9. The summed E-state index contributed by atoms with van der Waals surface area (Å²) in [5.74, 6) is 2.59. The van der Waals surface area contributed by atoms with Crippen molar-refractivity contribution in [2.24, 2.45) is 5.92 Å². The Bertz CT molecular complexity index is 579. The zero-order chi connectivity index (χ0) is 13.8. The molecule has 20 heavy (non-hydrogen) atoms. The van der Waals surface area contributed by atoms with Crippen LogP contribution < -0.4 is 15.4 Å². The van der Waals surface area contributed by atoms with Gasteiger partial charge in [-0.1, -0.05) is 12.1 Å². The Hall–Kier alpha value is -1.81. The van der Waals surface area contributed by atoms with Crippen LogP contribution >= 0.6 is 0 Å². The summed E-state index contributed by atoms with van der Waals surface area (Å²) < 4.78 is 5.41. The van der Waals surface area contributed by atoms with Crippen LogP contribution in [0.15, 0.2) is 30.5 Å². The number of pyridine rings is 1. The number of nitrogens with zero attached hydrogens (tertiary/aromatic N) is 1. The summed E-state index contributed by atoms with van der Waals surface area (Å²) in [6.07, 6.45) is 4.32. The molecule has 4 nitrogen and oxygen atoms in total. The van der Waals surface area contributed by atoms with E-state index in [1.54, 1.807) is 7.11 Å². The van der Waals surface area contributed by atoms with Crippen LogP contribution in [-0.2, 0) is 0 Å². The molecule has 1 aromatic carbocycles. The molecule has 3 rings (SSSR count). The highest BCUT2D eigenvalue weighted by molar-refractivity contribution is 5.95. The van der Waals surface area contributed by atoms with E-state index in [1.165, 1.54) is 12.8 Å². The van der Waals surface area contributed by atoms with Crippen molar-refractivity contribution in [3.63, 3.8) is 0 Å². The number of hydrogen-bond donors (Lipinski definition) is 2. The number of methoxy groups -OCH3 is 1. The normalized spacial score (nSPS) is 16.2. The second-order valence-electron chi connectivity index (χ2n) is 5.29. The van der Waals surface area contributed by atoms with Gasteiger partial charge in [0.2, 0.25) is 0 Å². The highest BCUT2D eigenvalue weighted by Gasteiger charge is 2.13. The molecule has 0 spiro atoms. The third-order valence-electron chi connectivity index (χ3n) is 4.00. The van der Waals surface area contributed by atoms with E-state index < -0.39 is 0 Å². The van der Waals surface area contributed by atoms with Crippen LogP contribution in [0.3, 0.4) is 0 Å². The number of hydrogen-bond acceptors (Lipinski definition) is 4. The Morgan fingerprint density at radius 3 is 2.90 bits per heavy atom. The van der Waals surface area contributed by atoms with Gasteiger partial charge >= 0.3 is 0 Å². The van der Waals surface area contributed by atoms with Gasteiger partial charge in [-0.15, -0.1) is 0 Å². The standard InChI is InChI=1S/C16H21N3O/c1-20-15-4-2-3-14-13(15)7-10-18-16(14)19-11-12-5-8-17-9-6-12/h2-4,7,10,12,17H,5-6,8-9,11H2,1H3,(H,18,19). The molecule has 0 unspecified atom stereocenters. The van der Waals surface area contributed by atoms with E-state index in [9.17, 15) is 0 Å². The number of nitrogens with one attached hydrogen (secondary N) is 2. The van der Waals surface area contributed by atoms with Crippen molar-refractivity contribution in [3.8, 4) is 5.75 Å². The molecular weight excluding hydrogens is 250 g/mol. The van der Waals surface area contributed by atoms with Crippen LogP contribution in [0.1, 0.15) is 12.8 Å². The Kier molecular flexibility index (Phi) is 4.02. The molecule has 4 heteroatoms. The predicted octanol–water partition coefficient (Wildman–Crippen LogP) is 2.65. The first-order valence-electron chi connectivity index (χ1n) is 7.25. The molecule has 2 N–H and O–H groups in total. The fourth-order valence-corrected chi connectivity index (χ4v) is 2.82. The zero-order valence-corrected chi connectivity index (χ0v) is 11.9. The van der Waals surface area contributed by atoms with Gasteiger partial charge in [0.05, 0.1) is 7.11 Å². The maximum atomic E-state index is 5.41. The van der Waals surface area contributed by atoms with Gasteiger partial charge < -0.3 is 15.4 Å². The van der Waals surface area contributed by atoms with Gasteiger partial charge in [-0.25, -0.2) is 4.98 Å². The van der Waals surface area contributed by atoms with Crippen molar-refractivity contribution in [1.29, 1.82) is 0 Å². The summed E-state index contributed by atoms with van der Waals surface area (Å²) in [6.45, 7) is 3.25. The van der Waals surface area contributed by atoms with Gasteiger partial charge in [-0.05, 0) is 44.0 Å². The van der Waals surface area contributed by atoms with Crippen molar-refractivity contribution >= 4 is 16.6 Å². The van der Waals surface area contributed by atoms with Crippen LogP contribution in [0.5, 0.6) is 5.75 Å². The van der Waals surface area contributed by atoms with Gasteiger partial charge in [0.15, 0.2) is 0 Å². The van der Waals surface area contributed by atoms with Crippen molar-refractivity contribution in [2.75, 3.05) is 32.1 Å². The molecule has 106 valence electrons. The maximum absolute atomic E-state index is 5.41. The molecule has 1 aromatic heterocycles. The van der Waals surface area contributed by atoms with Crippen molar-refractivity contribution in [2.45, 2.75) is 12.8 Å². The summed E-state index contributed by atoms with van der Waals surface area (Å²) in [5, 5.41) is 9.15. The second-order valence-corrected chi connectivity index (χ2v) is 5.29. The fourth-order valence-electron chi connectivity index (χ4n) is 2.82. The summed E-state index contributed by atoms with van der Waals surface area (Å²) >= 11 is 0. The van der Waals surface area contributed by atoms with E-state index in [0.717, 1.165) is 47.9 Å². The third-order valence-corrected chi connectivity index (χ3v) is 4.00. The fraction of sp³-hybridized carbons (Fsp3) is 0.438. The molecule has 1 aliphatic rings. The molecule has 0 bridgehead atoms. The van der Waals surface area contributed by atoms with E-state index in [4.69, 9.17) is 4.74 Å². The molecule has 1 saturated heterocycles. The van der Waals surface area contributed by atoms with Gasteiger partial charge in [0, 0.05) is 23.5 Å². The molecule has 0 aliphatic carbocycles. The molecule has 0 saturated carbocycles. The number of fused-ring (bicyclic) bond motifs is 1. The van der Waals surface area contributed by atoms with E-state index in [-0.39, 0.29) is 0 Å². The van der Waals surface area contributed by atoms with Crippen LogP contribution in [-0.4, -0.2) is 31.7 Å². The number of rotatable bonds is 4. The smallest absolute Gasteiger partial charge is 0.133 e. The lowest BCUT2D eigenvalue weighted by Gasteiger charge is -2.23. The van der Waals surface area contributed by atoms with E-state index >= 15 is 0 Å². The van der Waals surface area contributed by atoms with Crippen LogP contribution in [0.4, 0.5) is 5.82 Å². The number of benzene rings is 1. The van der Waals surface area contributed by atoms with Crippen LogP contribution in [0, 0.1) is 5.92 Å². The summed E-state index contributed by atoms with van der Waals surface area (Å²) in [7, 11) is 1.71. The van der Waals surface area contributed by atoms with Gasteiger partial charge in [-0.2, -0.15) is 0 Å². The Balaban J connectivity index is 1.80. The average molecular weight is 271 g/mol. The highest BCUT2D eigenvalue weighted by atomic mass is 16.5. The summed E-state index contributed by atoms with van der Waals surface area (Å²) in [4.78, 5) is 4.48. The van der Waals surface area contributed by atoms with Gasteiger partial charge in [-0.3, -0.25) is 0 Å². The summed E-state index contributed by atoms with van der Waals surface area (Å²) in [6, 6.07) is 8.09. The Morgan fingerprint density at radius 2 is 2.10 bits per heavy atom. The van der Waals surface area contributed by atoms with E-state index in [1.807, 2.05) is 24.4 Å². The largest absolute Gasteiger partial charge is 0.496 e. The minimum atomic E-state index is 0.735. The predicted molar refractivity (Wildman–Crippen MR) is 82.4 cm³/mol. The number of piperidine rings is 1.